The van der Waals surface area contributed by atoms with E-state index in [4.69, 9.17) is 4.74 Å². The first-order valence-corrected chi connectivity index (χ1v) is 10.8. The van der Waals surface area contributed by atoms with E-state index in [0.717, 1.165) is 42.3 Å². The maximum atomic E-state index is 13.1. The number of Topliss-reactive ketones (excluding diaryl/α,β-unsaturated/α-hetero) is 1. The molecule has 154 valence electrons. The Morgan fingerprint density at radius 2 is 1.90 bits per heavy atom. The van der Waals surface area contributed by atoms with Gasteiger partial charge in [0.05, 0.1) is 12.0 Å². The molecule has 4 saturated carbocycles. The molecular weight excluding hydrogens is 366 g/mol. The zero-order valence-corrected chi connectivity index (χ0v) is 17.2. The lowest BCUT2D eigenvalue weighted by Crippen LogP contribution is -2.56. The van der Waals surface area contributed by atoms with Crippen molar-refractivity contribution >= 4 is 22.7 Å². The van der Waals surface area contributed by atoms with E-state index in [9.17, 15) is 14.7 Å². The minimum Gasteiger partial charge on any atom is -0.454 e. The average Bonchev–Trinajstić information content (AvgIpc) is 2.93. The van der Waals surface area contributed by atoms with E-state index >= 15 is 0 Å². The summed E-state index contributed by atoms with van der Waals surface area (Å²) in [6, 6.07) is 7.68. The fourth-order valence-electron chi connectivity index (χ4n) is 7.00. The summed E-state index contributed by atoms with van der Waals surface area (Å²) in [5.41, 5.74) is 1.57. The van der Waals surface area contributed by atoms with Gasteiger partial charge in [-0.2, -0.15) is 0 Å². The van der Waals surface area contributed by atoms with Crippen LogP contribution in [0.15, 0.2) is 24.3 Å². The number of ketones is 1. The Bertz CT molecular complexity index is 976. The van der Waals surface area contributed by atoms with E-state index in [1.165, 1.54) is 6.42 Å². The van der Waals surface area contributed by atoms with E-state index in [1.54, 1.807) is 6.92 Å². The lowest BCUT2D eigenvalue weighted by Gasteiger charge is -2.60. The van der Waals surface area contributed by atoms with Gasteiger partial charge in [-0.25, -0.2) is 0 Å². The van der Waals surface area contributed by atoms with Gasteiger partial charge < -0.3 is 14.8 Å². The molecule has 6 rings (SSSR count). The number of benzene rings is 1. The van der Waals surface area contributed by atoms with Gasteiger partial charge in [-0.1, -0.05) is 18.2 Å². The van der Waals surface area contributed by atoms with E-state index < -0.39 is 11.7 Å². The number of carbonyl (C=O) groups is 2. The van der Waals surface area contributed by atoms with Crippen molar-refractivity contribution in [2.45, 2.75) is 70.5 Å². The highest BCUT2D eigenvalue weighted by Crippen LogP contribution is 2.62. The molecule has 5 nitrogen and oxygen atoms in total. The minimum atomic E-state index is -0.822. The number of esters is 1. The monoisotopic (exact) mass is 395 g/mol. The summed E-state index contributed by atoms with van der Waals surface area (Å²) in [6.45, 7) is 3.53. The molecule has 4 fully saturated rings. The molecule has 1 aromatic carbocycles. The number of fused-ring (bicyclic) bond motifs is 1. The van der Waals surface area contributed by atoms with Gasteiger partial charge in [-0.05, 0) is 75.7 Å². The van der Waals surface area contributed by atoms with Crippen molar-refractivity contribution in [3.63, 3.8) is 0 Å². The van der Waals surface area contributed by atoms with Crippen LogP contribution in [0.1, 0.15) is 67.9 Å². The standard InChI is InChI=1S/C24H29NO4/c1-14-21(18-5-3-4-6-19(18)25-14)22(27)15(2)29-20(26)12-23-8-16-7-17(9-23)11-24(28,10-16)13-23/h3-6,15-17,25,28H,7-13H2,1-2H3/t15-,16+,17+,23?,24?/m0/s1. The van der Waals surface area contributed by atoms with E-state index in [2.05, 4.69) is 4.98 Å². The third-order valence-corrected chi connectivity index (χ3v) is 7.49. The molecule has 0 spiro atoms. The van der Waals surface area contributed by atoms with Crippen LogP contribution in [-0.4, -0.2) is 33.5 Å². The van der Waals surface area contributed by atoms with Crippen molar-refractivity contribution in [1.29, 1.82) is 0 Å². The fraction of sp³-hybridized carbons (Fsp3) is 0.583. The summed E-state index contributed by atoms with van der Waals surface area (Å²) < 4.78 is 5.63. The first-order valence-electron chi connectivity index (χ1n) is 10.8. The molecule has 0 amide bonds. The van der Waals surface area contributed by atoms with Gasteiger partial charge in [0, 0.05) is 22.2 Å². The van der Waals surface area contributed by atoms with E-state index in [0.29, 0.717) is 30.2 Å². The zero-order valence-electron chi connectivity index (χ0n) is 17.2. The Hall–Kier alpha value is -2.14. The second-order valence-electron chi connectivity index (χ2n) is 10.0. The Morgan fingerprint density at radius 3 is 2.59 bits per heavy atom. The number of hydrogen-bond acceptors (Lipinski definition) is 4. The Kier molecular flexibility index (Phi) is 4.18. The van der Waals surface area contributed by atoms with Crippen molar-refractivity contribution in [2.75, 3.05) is 0 Å². The molecule has 4 aliphatic rings. The lowest BCUT2D eigenvalue weighted by atomic mass is 9.47. The average molecular weight is 395 g/mol. The zero-order chi connectivity index (χ0) is 20.4. The van der Waals surface area contributed by atoms with Crippen LogP contribution in [0.4, 0.5) is 0 Å². The van der Waals surface area contributed by atoms with Gasteiger partial charge >= 0.3 is 5.97 Å². The topological polar surface area (TPSA) is 79.4 Å². The molecule has 2 N–H and O–H groups in total. The van der Waals surface area contributed by atoms with Gasteiger partial charge in [0.15, 0.2) is 6.10 Å². The van der Waals surface area contributed by atoms with E-state index in [1.807, 2.05) is 31.2 Å². The first-order chi connectivity index (χ1) is 13.8. The molecule has 1 aromatic heterocycles. The van der Waals surface area contributed by atoms with Crippen LogP contribution >= 0.6 is 0 Å². The highest BCUT2D eigenvalue weighted by Gasteiger charge is 2.57. The van der Waals surface area contributed by atoms with Crippen molar-refractivity contribution in [2.24, 2.45) is 17.3 Å². The summed E-state index contributed by atoms with van der Waals surface area (Å²) in [5, 5.41) is 11.8. The molecule has 2 aromatic rings. The highest BCUT2D eigenvalue weighted by atomic mass is 16.5. The van der Waals surface area contributed by atoms with Crippen molar-refractivity contribution in [1.82, 2.24) is 4.98 Å². The predicted molar refractivity (Wildman–Crippen MR) is 110 cm³/mol. The van der Waals surface area contributed by atoms with Crippen LogP contribution in [0.25, 0.3) is 10.9 Å². The number of nitrogens with one attached hydrogen (secondary N) is 1. The molecule has 29 heavy (non-hydrogen) atoms. The molecule has 5 heteroatoms. The number of aromatic nitrogens is 1. The van der Waals surface area contributed by atoms with Crippen molar-refractivity contribution < 1.29 is 19.4 Å². The Balaban J connectivity index is 1.30. The summed E-state index contributed by atoms with van der Waals surface area (Å²) in [4.78, 5) is 29.1. The van der Waals surface area contributed by atoms with Gasteiger partial charge in [-0.15, -0.1) is 0 Å². The molecule has 4 aliphatic carbocycles. The van der Waals surface area contributed by atoms with Crippen molar-refractivity contribution in [3.8, 4) is 0 Å². The number of para-hydroxylation sites is 1. The van der Waals surface area contributed by atoms with Crippen LogP contribution in [0.5, 0.6) is 0 Å². The lowest BCUT2D eigenvalue weighted by molar-refractivity contribution is -0.178. The van der Waals surface area contributed by atoms with Gasteiger partial charge in [0.25, 0.3) is 0 Å². The van der Waals surface area contributed by atoms with Crippen LogP contribution in [0.3, 0.4) is 0 Å². The molecule has 0 radical (unpaired) electrons. The SMILES string of the molecule is Cc1[nH]c2ccccc2c1C(=O)[C@H](C)OC(=O)CC12C[C@H]3C[C@@H](CC(O)(C3)C1)C2. The Labute approximate surface area is 170 Å². The fourth-order valence-corrected chi connectivity index (χ4v) is 7.00. The minimum absolute atomic E-state index is 0.143. The molecule has 0 saturated heterocycles. The molecule has 1 heterocycles. The second-order valence-corrected chi connectivity index (χ2v) is 10.0. The predicted octanol–water partition coefficient (Wildman–Crippen LogP) is 4.31. The molecule has 0 aliphatic heterocycles. The third-order valence-electron chi connectivity index (χ3n) is 7.49. The van der Waals surface area contributed by atoms with E-state index in [-0.39, 0.29) is 17.2 Å². The number of rotatable bonds is 5. The molecule has 0 unspecified atom stereocenters. The van der Waals surface area contributed by atoms with Gasteiger partial charge in [-0.3, -0.25) is 9.59 Å². The molecular formula is C24H29NO4. The second kappa shape index (κ2) is 6.43. The Morgan fingerprint density at radius 1 is 1.21 bits per heavy atom. The van der Waals surface area contributed by atoms with Gasteiger partial charge in [0.2, 0.25) is 5.78 Å². The number of H-pyrrole nitrogens is 1. The van der Waals surface area contributed by atoms with Crippen LogP contribution in [0.2, 0.25) is 0 Å². The van der Waals surface area contributed by atoms with Crippen LogP contribution in [0, 0.1) is 24.2 Å². The molecule has 3 atom stereocenters. The summed E-state index contributed by atoms with van der Waals surface area (Å²) in [7, 11) is 0. The first kappa shape index (κ1) is 18.9. The summed E-state index contributed by atoms with van der Waals surface area (Å²) in [6.07, 6.45) is 5.16. The number of carbonyl (C=O) groups excluding carboxylic acids is 2. The number of hydrogen-bond donors (Lipinski definition) is 2. The van der Waals surface area contributed by atoms with Gasteiger partial charge in [0.1, 0.15) is 0 Å². The number of aliphatic hydroxyl groups is 1. The maximum Gasteiger partial charge on any atom is 0.307 e. The normalized spacial score (nSPS) is 33.8. The highest BCUT2D eigenvalue weighted by molar-refractivity contribution is 6.11. The summed E-state index contributed by atoms with van der Waals surface area (Å²) >= 11 is 0. The number of ether oxygens (including phenoxy) is 1. The van der Waals surface area contributed by atoms with Crippen LogP contribution < -0.4 is 0 Å². The third kappa shape index (κ3) is 3.20. The largest absolute Gasteiger partial charge is 0.454 e. The quantitative estimate of drug-likeness (QED) is 0.584. The number of aromatic amines is 1. The molecule has 4 bridgehead atoms. The summed E-state index contributed by atoms with van der Waals surface area (Å²) in [5.74, 6) is 0.579. The smallest absolute Gasteiger partial charge is 0.307 e. The number of aryl methyl sites for hydroxylation is 1. The maximum absolute atomic E-state index is 13.1. The van der Waals surface area contributed by atoms with Crippen molar-refractivity contribution in [3.05, 3.63) is 35.5 Å². The van der Waals surface area contributed by atoms with Crippen LogP contribution in [-0.2, 0) is 9.53 Å².